The van der Waals surface area contributed by atoms with Crippen LogP contribution in [-0.2, 0) is 0 Å². The third kappa shape index (κ3) is 3.39. The van der Waals surface area contributed by atoms with Crippen LogP contribution in [0.4, 0.5) is 16.0 Å². The van der Waals surface area contributed by atoms with E-state index in [-0.39, 0.29) is 11.1 Å². The normalized spacial score (nSPS) is 10.7. The highest BCUT2D eigenvalue weighted by molar-refractivity contribution is 6.32. The molecule has 7 nitrogen and oxygen atoms in total. The number of nitrogens with zero attached hydrogens (tertiary/aromatic N) is 6. The van der Waals surface area contributed by atoms with Crippen LogP contribution >= 0.6 is 11.6 Å². The molecule has 0 saturated carbocycles. The molecule has 0 fully saturated rings. The second-order valence-corrected chi connectivity index (χ2v) is 6.58. The highest BCUT2D eigenvalue weighted by atomic mass is 35.5. The highest BCUT2D eigenvalue weighted by Crippen LogP contribution is 2.31. The standard InChI is InChI=1S/C20H13ClFN7/c1-3-12-5-13(7-23)19(15(21)6-12)29-9-14-18(28-29)16(22)8-24-20(14)27-17-4-11(2)25-10-26-17/h3-6,8-10H,1H2,2H3,(H,24,25,26,27). The summed E-state index contributed by atoms with van der Waals surface area (Å²) in [6.07, 6.45) is 5.65. The Labute approximate surface area is 170 Å². The van der Waals surface area contributed by atoms with Crippen LogP contribution < -0.4 is 5.32 Å². The number of pyridine rings is 1. The summed E-state index contributed by atoms with van der Waals surface area (Å²) in [6.45, 7) is 5.52. The number of aromatic nitrogens is 5. The lowest BCUT2D eigenvalue weighted by atomic mass is 10.1. The van der Waals surface area contributed by atoms with Crippen molar-refractivity contribution in [2.75, 3.05) is 5.32 Å². The summed E-state index contributed by atoms with van der Waals surface area (Å²) >= 11 is 6.38. The molecular formula is C20H13ClFN7. The van der Waals surface area contributed by atoms with Gasteiger partial charge in [0.15, 0.2) is 5.82 Å². The number of halogens is 2. The first kappa shape index (κ1) is 18.5. The predicted molar refractivity (Wildman–Crippen MR) is 109 cm³/mol. The van der Waals surface area contributed by atoms with Gasteiger partial charge in [0.1, 0.15) is 35.2 Å². The van der Waals surface area contributed by atoms with E-state index in [0.717, 1.165) is 11.9 Å². The Morgan fingerprint density at radius 2 is 2.10 bits per heavy atom. The van der Waals surface area contributed by atoms with Crippen molar-refractivity contribution in [2.45, 2.75) is 6.92 Å². The fraction of sp³-hybridized carbons (Fsp3) is 0.0500. The molecule has 0 saturated heterocycles. The van der Waals surface area contributed by atoms with E-state index < -0.39 is 5.82 Å². The van der Waals surface area contributed by atoms with Crippen molar-refractivity contribution in [2.24, 2.45) is 0 Å². The Kier molecular flexibility index (Phi) is 4.66. The summed E-state index contributed by atoms with van der Waals surface area (Å²) in [5.74, 6) is 0.278. The van der Waals surface area contributed by atoms with Crippen molar-refractivity contribution < 1.29 is 4.39 Å². The molecule has 0 atom stereocenters. The maximum atomic E-state index is 14.4. The maximum absolute atomic E-state index is 14.4. The molecule has 3 aromatic heterocycles. The van der Waals surface area contributed by atoms with Crippen LogP contribution in [0.25, 0.3) is 22.7 Å². The number of benzene rings is 1. The van der Waals surface area contributed by atoms with Gasteiger partial charge < -0.3 is 5.32 Å². The molecule has 3 heterocycles. The molecule has 0 bridgehead atoms. The van der Waals surface area contributed by atoms with E-state index in [1.165, 1.54) is 11.0 Å². The van der Waals surface area contributed by atoms with Crippen molar-refractivity contribution in [1.29, 1.82) is 5.26 Å². The summed E-state index contributed by atoms with van der Waals surface area (Å²) in [4.78, 5) is 12.3. The average molecular weight is 406 g/mol. The molecule has 29 heavy (non-hydrogen) atoms. The van der Waals surface area contributed by atoms with Crippen molar-refractivity contribution in [3.05, 3.63) is 71.2 Å². The zero-order valence-electron chi connectivity index (χ0n) is 15.2. The van der Waals surface area contributed by atoms with Crippen molar-refractivity contribution in [1.82, 2.24) is 24.7 Å². The Bertz CT molecular complexity index is 1310. The molecular weight excluding hydrogens is 393 g/mol. The minimum Gasteiger partial charge on any atom is -0.324 e. The second-order valence-electron chi connectivity index (χ2n) is 6.18. The number of nitriles is 1. The van der Waals surface area contributed by atoms with Gasteiger partial charge in [0.2, 0.25) is 0 Å². The van der Waals surface area contributed by atoms with E-state index in [2.05, 4.69) is 38.0 Å². The van der Waals surface area contributed by atoms with Gasteiger partial charge in [-0.05, 0) is 24.6 Å². The minimum absolute atomic E-state index is 0.0843. The van der Waals surface area contributed by atoms with E-state index in [0.29, 0.717) is 33.3 Å². The fourth-order valence-electron chi connectivity index (χ4n) is 2.89. The van der Waals surface area contributed by atoms with Gasteiger partial charge in [-0.15, -0.1) is 0 Å². The molecule has 0 aliphatic heterocycles. The van der Waals surface area contributed by atoms with Crippen molar-refractivity contribution in [3.63, 3.8) is 0 Å². The number of hydrogen-bond donors (Lipinski definition) is 1. The van der Waals surface area contributed by atoms with Crippen LogP contribution in [-0.4, -0.2) is 24.7 Å². The molecule has 0 amide bonds. The summed E-state index contributed by atoms with van der Waals surface area (Å²) in [5, 5.41) is 17.6. The minimum atomic E-state index is -0.597. The summed E-state index contributed by atoms with van der Waals surface area (Å²) in [5.41, 5.74) is 2.18. The fourth-order valence-corrected chi connectivity index (χ4v) is 3.20. The SMILES string of the molecule is C=Cc1cc(Cl)c(-n2cc3c(Nc4cc(C)ncn4)ncc(F)c3n2)c(C#N)c1. The Balaban J connectivity index is 1.88. The van der Waals surface area contributed by atoms with Gasteiger partial charge in [-0.25, -0.2) is 24.0 Å². The molecule has 0 unspecified atom stereocenters. The van der Waals surface area contributed by atoms with Crippen LogP contribution in [0.1, 0.15) is 16.8 Å². The van der Waals surface area contributed by atoms with Gasteiger partial charge in [-0.2, -0.15) is 10.4 Å². The monoisotopic (exact) mass is 405 g/mol. The lowest BCUT2D eigenvalue weighted by Crippen LogP contribution is -2.00. The summed E-state index contributed by atoms with van der Waals surface area (Å²) < 4.78 is 15.8. The number of anilines is 2. The highest BCUT2D eigenvalue weighted by Gasteiger charge is 2.17. The smallest absolute Gasteiger partial charge is 0.169 e. The molecule has 4 aromatic rings. The molecule has 1 aromatic carbocycles. The molecule has 0 aliphatic carbocycles. The predicted octanol–water partition coefficient (Wildman–Crippen LogP) is 4.57. The zero-order chi connectivity index (χ0) is 20.5. The van der Waals surface area contributed by atoms with E-state index >= 15 is 0 Å². The van der Waals surface area contributed by atoms with Crippen molar-refractivity contribution in [3.8, 4) is 11.8 Å². The molecule has 4 rings (SSSR count). The van der Waals surface area contributed by atoms with Gasteiger partial charge in [0, 0.05) is 18.0 Å². The largest absolute Gasteiger partial charge is 0.324 e. The van der Waals surface area contributed by atoms with Gasteiger partial charge in [-0.1, -0.05) is 24.3 Å². The van der Waals surface area contributed by atoms with Gasteiger partial charge >= 0.3 is 0 Å². The molecule has 142 valence electrons. The third-order valence-corrected chi connectivity index (χ3v) is 4.51. The molecule has 0 spiro atoms. The second kappa shape index (κ2) is 7.30. The van der Waals surface area contributed by atoms with Gasteiger partial charge in [0.25, 0.3) is 0 Å². The third-order valence-electron chi connectivity index (χ3n) is 4.22. The average Bonchev–Trinajstić information content (AvgIpc) is 3.15. The van der Waals surface area contributed by atoms with Crippen LogP contribution in [0.15, 0.2) is 43.5 Å². The number of aryl methyl sites for hydroxylation is 1. The Morgan fingerprint density at radius 1 is 1.28 bits per heavy atom. The maximum Gasteiger partial charge on any atom is 0.169 e. The first-order valence-electron chi connectivity index (χ1n) is 8.46. The molecule has 1 N–H and O–H groups in total. The summed E-state index contributed by atoms with van der Waals surface area (Å²) in [6, 6.07) is 7.13. The number of rotatable bonds is 4. The molecule has 9 heteroatoms. The van der Waals surface area contributed by atoms with Crippen LogP contribution in [0.5, 0.6) is 0 Å². The molecule has 0 aliphatic rings. The quantitative estimate of drug-likeness (QED) is 0.534. The summed E-state index contributed by atoms with van der Waals surface area (Å²) in [7, 11) is 0. The lowest BCUT2D eigenvalue weighted by molar-refractivity contribution is 0.629. The topological polar surface area (TPSA) is 92.3 Å². The Hall–Kier alpha value is -3.83. The van der Waals surface area contributed by atoms with Gasteiger partial charge in [0.05, 0.1) is 22.2 Å². The van der Waals surface area contributed by atoms with Gasteiger partial charge in [-0.3, -0.25) is 0 Å². The first-order chi connectivity index (χ1) is 14.0. The number of hydrogen-bond acceptors (Lipinski definition) is 6. The number of fused-ring (bicyclic) bond motifs is 1. The van der Waals surface area contributed by atoms with E-state index in [1.54, 1.807) is 30.5 Å². The van der Waals surface area contributed by atoms with Crippen molar-refractivity contribution >= 4 is 40.2 Å². The van der Waals surface area contributed by atoms with E-state index in [1.807, 2.05) is 6.92 Å². The molecule has 0 radical (unpaired) electrons. The number of nitrogens with one attached hydrogen (secondary N) is 1. The van der Waals surface area contributed by atoms with Crippen LogP contribution in [0.3, 0.4) is 0 Å². The van der Waals surface area contributed by atoms with E-state index in [9.17, 15) is 9.65 Å². The lowest BCUT2D eigenvalue weighted by Gasteiger charge is -2.08. The zero-order valence-corrected chi connectivity index (χ0v) is 15.9. The first-order valence-corrected chi connectivity index (χ1v) is 8.84. The van der Waals surface area contributed by atoms with E-state index in [4.69, 9.17) is 11.6 Å². The Morgan fingerprint density at radius 3 is 2.83 bits per heavy atom. The van der Waals surface area contributed by atoms with Crippen LogP contribution in [0.2, 0.25) is 5.02 Å². The van der Waals surface area contributed by atoms with Crippen LogP contribution in [0, 0.1) is 24.1 Å².